The normalized spacial score (nSPS) is 21.4. The minimum atomic E-state index is -0.822. The zero-order valence-electron chi connectivity index (χ0n) is 11.7. The molecule has 0 radical (unpaired) electrons. The van der Waals surface area contributed by atoms with Crippen LogP contribution in [-0.4, -0.2) is 42.4 Å². The molecule has 1 rings (SSSR count). The molecular weight excluding hydrogens is 232 g/mol. The number of amides is 1. The van der Waals surface area contributed by atoms with Crippen molar-refractivity contribution in [3.63, 3.8) is 0 Å². The molecule has 0 saturated carbocycles. The van der Waals surface area contributed by atoms with Crippen molar-refractivity contribution < 1.29 is 14.6 Å². The van der Waals surface area contributed by atoms with Crippen molar-refractivity contribution in [3.8, 4) is 0 Å². The summed E-state index contributed by atoms with van der Waals surface area (Å²) in [7, 11) is 0. The molecule has 5 nitrogen and oxygen atoms in total. The molecule has 1 atom stereocenters. The molecule has 0 spiro atoms. The van der Waals surface area contributed by atoms with Gasteiger partial charge in [0.25, 0.3) is 0 Å². The van der Waals surface area contributed by atoms with Gasteiger partial charge in [-0.1, -0.05) is 20.8 Å². The van der Waals surface area contributed by atoms with Crippen LogP contribution in [0.1, 0.15) is 40.0 Å². The van der Waals surface area contributed by atoms with Gasteiger partial charge in [-0.2, -0.15) is 0 Å². The Kier molecular flexibility index (Phi) is 5.13. The van der Waals surface area contributed by atoms with Crippen LogP contribution in [0.5, 0.6) is 0 Å². The molecule has 1 unspecified atom stereocenters. The van der Waals surface area contributed by atoms with E-state index < -0.39 is 5.54 Å². The Labute approximate surface area is 109 Å². The quantitative estimate of drug-likeness (QED) is 0.682. The molecule has 0 bridgehead atoms. The largest absolute Gasteiger partial charge is 0.396 e. The van der Waals surface area contributed by atoms with Gasteiger partial charge in [-0.05, 0) is 24.7 Å². The first-order valence-electron chi connectivity index (χ1n) is 6.58. The van der Waals surface area contributed by atoms with Gasteiger partial charge in [0.05, 0.1) is 5.54 Å². The summed E-state index contributed by atoms with van der Waals surface area (Å²) in [5, 5.41) is 12.1. The van der Waals surface area contributed by atoms with Gasteiger partial charge >= 0.3 is 0 Å². The van der Waals surface area contributed by atoms with Crippen molar-refractivity contribution in [2.45, 2.75) is 51.6 Å². The van der Waals surface area contributed by atoms with Crippen molar-refractivity contribution in [1.29, 1.82) is 0 Å². The number of hydrogen-bond donors (Lipinski definition) is 3. The first kappa shape index (κ1) is 15.4. The Morgan fingerprint density at radius 3 is 2.44 bits per heavy atom. The predicted molar refractivity (Wildman–Crippen MR) is 70.1 cm³/mol. The number of hydrogen-bond acceptors (Lipinski definition) is 4. The molecule has 0 aromatic carbocycles. The molecule has 18 heavy (non-hydrogen) atoms. The first-order chi connectivity index (χ1) is 8.29. The number of rotatable bonds is 4. The second kappa shape index (κ2) is 5.99. The van der Waals surface area contributed by atoms with Crippen LogP contribution in [0.2, 0.25) is 0 Å². The monoisotopic (exact) mass is 258 g/mol. The van der Waals surface area contributed by atoms with Gasteiger partial charge in [-0.3, -0.25) is 4.79 Å². The third-order valence-electron chi connectivity index (χ3n) is 3.61. The van der Waals surface area contributed by atoms with Gasteiger partial charge in [0.2, 0.25) is 5.91 Å². The molecular formula is C13H26N2O3. The van der Waals surface area contributed by atoms with Gasteiger partial charge < -0.3 is 20.9 Å². The van der Waals surface area contributed by atoms with Gasteiger partial charge in [0.1, 0.15) is 0 Å². The predicted octanol–water partition coefficient (Wildman–Crippen LogP) is 0.408. The van der Waals surface area contributed by atoms with Crippen molar-refractivity contribution in [2.24, 2.45) is 11.1 Å². The molecule has 1 saturated heterocycles. The Morgan fingerprint density at radius 1 is 1.44 bits per heavy atom. The maximum Gasteiger partial charge on any atom is 0.240 e. The number of ether oxygens (including phenoxy) is 1. The summed E-state index contributed by atoms with van der Waals surface area (Å²) < 4.78 is 5.23. The first-order valence-corrected chi connectivity index (χ1v) is 6.58. The van der Waals surface area contributed by atoms with Crippen LogP contribution < -0.4 is 11.1 Å². The van der Waals surface area contributed by atoms with Crippen LogP contribution in [0.4, 0.5) is 0 Å². The lowest BCUT2D eigenvalue weighted by Gasteiger charge is -2.37. The Balaban J connectivity index is 2.65. The van der Waals surface area contributed by atoms with E-state index in [-0.39, 0.29) is 24.0 Å². The Morgan fingerprint density at radius 2 is 2.00 bits per heavy atom. The van der Waals surface area contributed by atoms with E-state index in [0.717, 1.165) is 0 Å². The van der Waals surface area contributed by atoms with E-state index in [2.05, 4.69) is 5.32 Å². The molecule has 4 N–H and O–H groups in total. The van der Waals surface area contributed by atoms with Gasteiger partial charge in [-0.15, -0.1) is 0 Å². The number of aliphatic hydroxyl groups excluding tert-OH is 1. The molecule has 1 heterocycles. The highest BCUT2D eigenvalue weighted by Crippen LogP contribution is 2.24. The topological polar surface area (TPSA) is 84.6 Å². The van der Waals surface area contributed by atoms with Gasteiger partial charge in [0.15, 0.2) is 0 Å². The third-order valence-corrected chi connectivity index (χ3v) is 3.61. The molecule has 1 amide bonds. The summed E-state index contributed by atoms with van der Waals surface area (Å²) in [6.45, 7) is 7.25. The Bertz CT molecular complexity index is 280. The lowest BCUT2D eigenvalue weighted by molar-refractivity contribution is -0.131. The maximum atomic E-state index is 12.3. The van der Waals surface area contributed by atoms with E-state index in [1.54, 1.807) is 0 Å². The van der Waals surface area contributed by atoms with E-state index >= 15 is 0 Å². The average Bonchev–Trinajstić information content (AvgIpc) is 2.28. The van der Waals surface area contributed by atoms with Crippen LogP contribution in [0.25, 0.3) is 0 Å². The van der Waals surface area contributed by atoms with Crippen molar-refractivity contribution in [2.75, 3.05) is 19.8 Å². The van der Waals surface area contributed by atoms with E-state index in [0.29, 0.717) is 32.5 Å². The number of nitrogens with two attached hydrogens (primary N) is 1. The summed E-state index contributed by atoms with van der Waals surface area (Å²) in [6, 6.07) is -0.0710. The fourth-order valence-electron chi connectivity index (χ4n) is 2.12. The standard InChI is InChI=1S/C13H26N2O3/c1-12(2,3)10(4-7-16)15-11(17)13(14)5-8-18-9-6-13/h10,16H,4-9,14H2,1-3H3,(H,15,17). The minimum Gasteiger partial charge on any atom is -0.396 e. The number of carbonyl (C=O) groups excluding carboxylic acids is 1. The smallest absolute Gasteiger partial charge is 0.240 e. The molecule has 1 fully saturated rings. The summed E-state index contributed by atoms with van der Waals surface area (Å²) in [4.78, 5) is 12.3. The fraction of sp³-hybridized carbons (Fsp3) is 0.923. The highest BCUT2D eigenvalue weighted by molar-refractivity contribution is 5.86. The van der Waals surface area contributed by atoms with Crippen molar-refractivity contribution >= 4 is 5.91 Å². The van der Waals surface area contributed by atoms with Crippen molar-refractivity contribution in [3.05, 3.63) is 0 Å². The number of nitrogens with one attached hydrogen (secondary N) is 1. The zero-order valence-corrected chi connectivity index (χ0v) is 11.7. The summed E-state index contributed by atoms with van der Waals surface area (Å²) in [5.74, 6) is -0.126. The molecule has 0 aliphatic carbocycles. The van der Waals surface area contributed by atoms with Crippen LogP contribution in [0.3, 0.4) is 0 Å². The van der Waals surface area contributed by atoms with E-state index in [4.69, 9.17) is 15.6 Å². The van der Waals surface area contributed by atoms with Crippen LogP contribution in [0.15, 0.2) is 0 Å². The second-order valence-corrected chi connectivity index (χ2v) is 6.17. The summed E-state index contributed by atoms with van der Waals surface area (Å²) in [5.41, 5.74) is 5.22. The Hall–Kier alpha value is -0.650. The highest BCUT2D eigenvalue weighted by atomic mass is 16.5. The molecule has 5 heteroatoms. The number of carbonyl (C=O) groups is 1. The van der Waals surface area contributed by atoms with E-state index in [1.807, 2.05) is 20.8 Å². The zero-order chi connectivity index (χ0) is 13.8. The van der Waals surface area contributed by atoms with Crippen LogP contribution >= 0.6 is 0 Å². The lowest BCUT2D eigenvalue weighted by atomic mass is 9.83. The second-order valence-electron chi connectivity index (χ2n) is 6.17. The third kappa shape index (κ3) is 3.93. The SMILES string of the molecule is CC(C)(C)C(CCO)NC(=O)C1(N)CCOCC1. The van der Waals surface area contributed by atoms with E-state index in [9.17, 15) is 4.79 Å². The molecule has 1 aliphatic heterocycles. The fourth-order valence-corrected chi connectivity index (χ4v) is 2.12. The summed E-state index contributed by atoms with van der Waals surface area (Å²) >= 11 is 0. The lowest BCUT2D eigenvalue weighted by Crippen LogP contribution is -2.60. The van der Waals surface area contributed by atoms with Crippen LogP contribution in [-0.2, 0) is 9.53 Å². The van der Waals surface area contributed by atoms with Gasteiger partial charge in [0, 0.05) is 25.9 Å². The van der Waals surface area contributed by atoms with E-state index in [1.165, 1.54) is 0 Å². The molecule has 1 aliphatic rings. The minimum absolute atomic E-state index is 0.0584. The molecule has 0 aromatic heterocycles. The highest BCUT2D eigenvalue weighted by Gasteiger charge is 2.38. The summed E-state index contributed by atoms with van der Waals surface area (Å²) in [6.07, 6.45) is 1.64. The van der Waals surface area contributed by atoms with Crippen LogP contribution in [0, 0.1) is 5.41 Å². The molecule has 106 valence electrons. The van der Waals surface area contributed by atoms with Gasteiger partial charge in [-0.25, -0.2) is 0 Å². The average molecular weight is 258 g/mol. The maximum absolute atomic E-state index is 12.3. The van der Waals surface area contributed by atoms with Crippen molar-refractivity contribution in [1.82, 2.24) is 5.32 Å². The number of aliphatic hydroxyl groups is 1. The molecule has 0 aromatic rings.